The molecule has 0 spiro atoms. The van der Waals surface area contributed by atoms with Crippen LogP contribution in [-0.4, -0.2) is 0 Å². The monoisotopic (exact) mass is 599 g/mol. The summed E-state index contributed by atoms with van der Waals surface area (Å²) in [5.41, 5.74) is -6.95. The Morgan fingerprint density at radius 1 is 0.356 bits per heavy atom. The number of benzene rings is 8. The first-order chi connectivity index (χ1) is 33.6. The van der Waals surface area contributed by atoms with Gasteiger partial charge in [0.05, 0.1) is 37.0 Å². The van der Waals surface area contributed by atoms with Crippen molar-refractivity contribution in [3.8, 4) is 44.5 Å². The Kier molecular flexibility index (Phi) is 2.38. The highest BCUT2D eigenvalue weighted by molar-refractivity contribution is 6.24. The number of hydrogen-bond donors (Lipinski definition) is 0. The fraction of sp³-hybridized carbons (Fsp3) is 0. The van der Waals surface area contributed by atoms with E-state index in [-0.39, 0.29) is 0 Å². The van der Waals surface area contributed by atoms with Crippen molar-refractivity contribution in [3.05, 3.63) is 169 Å². The van der Waals surface area contributed by atoms with Crippen LogP contribution in [0.4, 0.5) is 0 Å². The van der Waals surface area contributed by atoms with E-state index in [1.54, 1.807) is 0 Å². The van der Waals surface area contributed by atoms with Crippen molar-refractivity contribution in [2.24, 2.45) is 0 Å². The summed E-state index contributed by atoms with van der Waals surface area (Å²) in [6.07, 6.45) is 0. The lowest BCUT2D eigenvalue weighted by Gasteiger charge is -2.19. The van der Waals surface area contributed by atoms with Gasteiger partial charge in [-0.2, -0.15) is 0 Å². The smallest absolute Gasteiger partial charge is 0.143 e. The first kappa shape index (κ1) is 10.3. The molecule has 1 heteroatoms. The molecule has 9 aromatic rings. The van der Waals surface area contributed by atoms with E-state index in [2.05, 4.69) is 0 Å². The highest BCUT2D eigenvalue weighted by atomic mass is 16.3. The molecule has 0 aliphatic rings. The van der Waals surface area contributed by atoms with Gasteiger partial charge in [0.2, 0.25) is 0 Å². The third-order valence-electron chi connectivity index (χ3n) is 7.14. The summed E-state index contributed by atoms with van der Waals surface area (Å²) >= 11 is 0. The van der Waals surface area contributed by atoms with Crippen LogP contribution in [0.3, 0.4) is 0 Å². The molecule has 0 radical (unpaired) electrons. The SMILES string of the molecule is [2H]c1c([2H])c([2H])c(-c2cc([2H])c3c(-c4c([2H])c([2H])c(-c5c([2H])c([2H])c([2H])c([2H])c5[2H])c([2H])c4[2H])c4c([2H])c([2H])c([2H])c([2H])c4c(-c4c([2H])c([2H])c([2H])c5c4oc4c([2H])c([2H])c([2H])c([2H])c45)c3c2[2H])c([2H])c1[2H]. The number of rotatable bonds is 4. The Bertz CT molecular complexity index is 3980. The molecule has 210 valence electrons. The van der Waals surface area contributed by atoms with Crippen molar-refractivity contribution in [2.45, 2.75) is 0 Å². The largest absolute Gasteiger partial charge is 0.455 e. The second-order valence-corrected chi connectivity index (χ2v) is 9.59. The van der Waals surface area contributed by atoms with Gasteiger partial charge in [-0.05, 0) is 67.0 Å². The zero-order chi connectivity index (χ0) is 53.2. The second kappa shape index (κ2) is 10.4. The molecule has 45 heavy (non-hydrogen) atoms. The van der Waals surface area contributed by atoms with Crippen LogP contribution in [0.25, 0.3) is 88.0 Å². The third kappa shape index (κ3) is 4.17. The van der Waals surface area contributed by atoms with Gasteiger partial charge >= 0.3 is 0 Å². The van der Waals surface area contributed by atoms with Crippen LogP contribution in [0.15, 0.2) is 174 Å². The van der Waals surface area contributed by atoms with Gasteiger partial charge in [-0.3, -0.25) is 0 Å². The van der Waals surface area contributed by atoms with Crippen LogP contribution in [0, 0.1) is 0 Å². The average Bonchev–Trinajstić information content (AvgIpc) is 3.75. The molecule has 1 aromatic heterocycles. The maximum Gasteiger partial charge on any atom is 0.143 e. The zero-order valence-corrected chi connectivity index (χ0v) is 22.5. The first-order valence-electron chi connectivity index (χ1n) is 26.7. The number of fused-ring (bicyclic) bond motifs is 5. The van der Waals surface area contributed by atoms with Crippen LogP contribution >= 0.6 is 0 Å². The maximum atomic E-state index is 10.00. The minimum Gasteiger partial charge on any atom is -0.455 e. The van der Waals surface area contributed by atoms with Gasteiger partial charge in [-0.1, -0.05) is 157 Å². The molecule has 1 nitrogen and oxygen atoms in total. The molecule has 0 amide bonds. The Hall–Kier alpha value is -5.92. The second-order valence-electron chi connectivity index (χ2n) is 9.59. The van der Waals surface area contributed by atoms with E-state index in [9.17, 15) is 12.3 Å². The van der Waals surface area contributed by atoms with Crippen molar-refractivity contribution >= 4 is 43.5 Å². The standard InChI is InChI=1S/C44H28O/c1-3-12-29(13-4-1)31-22-24-32(25-23-31)42-35-17-7-8-18-36(35)43(40-28-33(26-27-37(40)42)30-14-5-2-6-15-30)39-20-11-19-38-34-16-9-10-21-41(34)45-44(38)39/h1-28H/i1D,2D,3D,4D,5D,6D,7D,8D,9D,10D,11D,12D,13D,14D,15D,16D,17D,18D,19D,20D,21D,22D,23D,24D,25D,27D,28D. The lowest BCUT2D eigenvalue weighted by atomic mass is 9.84. The molecular weight excluding hydrogens is 544 g/mol. The molecule has 0 saturated carbocycles. The van der Waals surface area contributed by atoms with Gasteiger partial charge < -0.3 is 4.42 Å². The van der Waals surface area contributed by atoms with Gasteiger partial charge in [0.15, 0.2) is 0 Å². The molecule has 0 atom stereocenters. The molecule has 9 rings (SSSR count). The van der Waals surface area contributed by atoms with Crippen LogP contribution in [-0.2, 0) is 0 Å². The van der Waals surface area contributed by atoms with E-state index in [1.807, 2.05) is 0 Å². The topological polar surface area (TPSA) is 13.1 Å². The van der Waals surface area contributed by atoms with Crippen LogP contribution in [0.2, 0.25) is 0 Å². The van der Waals surface area contributed by atoms with Gasteiger partial charge in [-0.15, -0.1) is 0 Å². The molecule has 0 unspecified atom stereocenters. The Morgan fingerprint density at radius 3 is 1.62 bits per heavy atom. The minimum absolute atomic E-state index is 0.446. The lowest BCUT2D eigenvalue weighted by Crippen LogP contribution is -1.92. The fourth-order valence-corrected chi connectivity index (χ4v) is 5.23. The van der Waals surface area contributed by atoms with Crippen molar-refractivity contribution in [1.82, 2.24) is 0 Å². The summed E-state index contributed by atoms with van der Waals surface area (Å²) in [4.78, 5) is 0. The first-order valence-corrected chi connectivity index (χ1v) is 13.2. The van der Waals surface area contributed by atoms with Gasteiger partial charge in [0, 0.05) is 21.9 Å². The zero-order valence-electron chi connectivity index (χ0n) is 49.5. The number of furan rings is 1. The molecule has 0 aliphatic heterocycles. The molecule has 1 heterocycles. The van der Waals surface area contributed by atoms with Crippen molar-refractivity contribution < 1.29 is 41.4 Å². The summed E-state index contributed by atoms with van der Waals surface area (Å²) in [7, 11) is 0. The Labute approximate surface area is 299 Å². The molecule has 0 aliphatic carbocycles. The molecule has 0 bridgehead atoms. The number of hydrogen-bond acceptors (Lipinski definition) is 1. The highest BCUT2D eigenvalue weighted by Gasteiger charge is 2.21. The van der Waals surface area contributed by atoms with Crippen molar-refractivity contribution in [3.63, 3.8) is 0 Å². The maximum absolute atomic E-state index is 10.00. The van der Waals surface area contributed by atoms with E-state index >= 15 is 0 Å². The minimum atomic E-state index is -1.06. The van der Waals surface area contributed by atoms with E-state index in [0.717, 1.165) is 6.07 Å². The van der Waals surface area contributed by atoms with E-state index in [1.165, 1.54) is 0 Å². The fourth-order valence-electron chi connectivity index (χ4n) is 5.23. The third-order valence-corrected chi connectivity index (χ3v) is 7.14. The average molecular weight is 600 g/mol. The number of para-hydroxylation sites is 2. The summed E-state index contributed by atoms with van der Waals surface area (Å²) < 4.78 is 246. The van der Waals surface area contributed by atoms with E-state index in [4.69, 9.17) is 29.1 Å². The predicted octanol–water partition coefficient (Wildman–Crippen LogP) is 12.6. The van der Waals surface area contributed by atoms with Gasteiger partial charge in [-0.25, -0.2) is 0 Å². The predicted molar refractivity (Wildman–Crippen MR) is 190 cm³/mol. The highest BCUT2D eigenvalue weighted by Crippen LogP contribution is 2.47. The van der Waals surface area contributed by atoms with E-state index in [0.29, 0.717) is 0 Å². The molecular formula is C44H28O. The van der Waals surface area contributed by atoms with Gasteiger partial charge in [0.25, 0.3) is 0 Å². The van der Waals surface area contributed by atoms with Crippen molar-refractivity contribution in [2.75, 3.05) is 0 Å². The lowest BCUT2D eigenvalue weighted by molar-refractivity contribution is 0.670. The summed E-state index contributed by atoms with van der Waals surface area (Å²) in [6, 6.07) is -23.6. The summed E-state index contributed by atoms with van der Waals surface area (Å²) in [6.45, 7) is 0. The quantitative estimate of drug-likeness (QED) is 0.183. The Morgan fingerprint density at radius 2 is 0.889 bits per heavy atom. The Balaban J connectivity index is 1.64. The molecule has 0 fully saturated rings. The van der Waals surface area contributed by atoms with Gasteiger partial charge in [0.1, 0.15) is 11.2 Å². The normalized spacial score (nSPS) is 20.0. The van der Waals surface area contributed by atoms with Crippen LogP contribution in [0.1, 0.15) is 37.0 Å². The van der Waals surface area contributed by atoms with Crippen LogP contribution < -0.4 is 0 Å². The van der Waals surface area contributed by atoms with Crippen LogP contribution in [0.5, 0.6) is 0 Å². The summed E-state index contributed by atoms with van der Waals surface area (Å²) in [5, 5.41) is -3.75. The molecule has 0 saturated heterocycles. The molecule has 0 N–H and O–H groups in total. The molecule has 8 aromatic carbocycles. The summed E-state index contributed by atoms with van der Waals surface area (Å²) in [5.74, 6) is 0. The van der Waals surface area contributed by atoms with E-state index < -0.39 is 251 Å². The van der Waals surface area contributed by atoms with Crippen molar-refractivity contribution in [1.29, 1.82) is 0 Å².